The topological polar surface area (TPSA) is 75.7 Å². The van der Waals surface area contributed by atoms with Gasteiger partial charge in [0.25, 0.3) is 0 Å². The van der Waals surface area contributed by atoms with Gasteiger partial charge in [-0.2, -0.15) is 0 Å². The van der Waals surface area contributed by atoms with E-state index in [1.807, 2.05) is 0 Å². The van der Waals surface area contributed by atoms with Crippen LogP contribution in [0, 0.1) is 23.7 Å². The summed E-state index contributed by atoms with van der Waals surface area (Å²) in [5, 5.41) is 3.22. The lowest BCUT2D eigenvalue weighted by molar-refractivity contribution is -0.140. The van der Waals surface area contributed by atoms with Crippen LogP contribution in [0.15, 0.2) is 18.2 Å². The highest BCUT2D eigenvalue weighted by atomic mass is 35.5. The normalized spacial score (nSPS) is 29.2. The molecule has 7 heteroatoms. The maximum Gasteiger partial charge on any atom is 0.233 e. The molecule has 1 aromatic carbocycles. The smallest absolute Gasteiger partial charge is 0.233 e. The lowest BCUT2D eigenvalue weighted by Crippen LogP contribution is -2.35. The summed E-state index contributed by atoms with van der Waals surface area (Å²) in [5.41, 5.74) is 0.471. The van der Waals surface area contributed by atoms with Gasteiger partial charge in [-0.25, -0.2) is 0 Å². The summed E-state index contributed by atoms with van der Waals surface area (Å²) >= 11 is 5.96. The van der Waals surface area contributed by atoms with Gasteiger partial charge >= 0.3 is 0 Å². The van der Waals surface area contributed by atoms with Crippen LogP contribution in [-0.4, -0.2) is 36.3 Å². The fourth-order valence-corrected chi connectivity index (χ4v) is 5.07. The Bertz CT molecular complexity index is 753. The van der Waals surface area contributed by atoms with Gasteiger partial charge in [0.1, 0.15) is 5.75 Å². The number of nitrogens with one attached hydrogen (secondary N) is 1. The molecular formula is C19H21ClN2O4. The summed E-state index contributed by atoms with van der Waals surface area (Å²) in [5.74, 6) is 0.482. The molecule has 1 heterocycles. The first-order valence-corrected chi connectivity index (χ1v) is 9.36. The minimum atomic E-state index is -0.286. The van der Waals surface area contributed by atoms with Crippen LogP contribution in [0.1, 0.15) is 25.7 Å². The van der Waals surface area contributed by atoms with Crippen molar-refractivity contribution in [2.45, 2.75) is 25.7 Å². The van der Waals surface area contributed by atoms with Crippen LogP contribution >= 0.6 is 11.6 Å². The van der Waals surface area contributed by atoms with Gasteiger partial charge in [0.15, 0.2) is 0 Å². The van der Waals surface area contributed by atoms with Crippen LogP contribution in [0.3, 0.4) is 0 Å². The van der Waals surface area contributed by atoms with Crippen molar-refractivity contribution in [1.82, 2.24) is 4.90 Å². The number of carbonyl (C=O) groups excluding carboxylic acids is 3. The molecule has 1 aromatic rings. The Balaban J connectivity index is 1.39. The van der Waals surface area contributed by atoms with Gasteiger partial charge in [-0.15, -0.1) is 0 Å². The van der Waals surface area contributed by atoms with E-state index in [1.165, 1.54) is 12.0 Å². The first kappa shape index (κ1) is 17.3. The van der Waals surface area contributed by atoms with Gasteiger partial charge in [-0.05, 0) is 49.3 Å². The van der Waals surface area contributed by atoms with Gasteiger partial charge in [0, 0.05) is 18.0 Å². The third kappa shape index (κ3) is 2.76. The lowest BCUT2D eigenvalue weighted by atomic mass is 9.81. The quantitative estimate of drug-likeness (QED) is 0.802. The van der Waals surface area contributed by atoms with E-state index in [0.29, 0.717) is 28.3 Å². The van der Waals surface area contributed by atoms with Gasteiger partial charge in [-0.3, -0.25) is 19.3 Å². The number of carbonyl (C=O) groups is 3. The number of nitrogens with zero attached hydrogens (tertiary/aromatic N) is 1. The molecule has 1 aliphatic heterocycles. The highest BCUT2D eigenvalue weighted by Crippen LogP contribution is 2.56. The van der Waals surface area contributed by atoms with E-state index < -0.39 is 0 Å². The number of halogens is 1. The zero-order chi connectivity index (χ0) is 18.4. The number of fused-ring (bicyclic) bond motifs is 5. The second-order valence-electron chi connectivity index (χ2n) is 7.36. The fourth-order valence-electron chi connectivity index (χ4n) is 4.89. The number of ether oxygens (including phenoxy) is 1. The van der Waals surface area contributed by atoms with Crippen molar-refractivity contribution in [3.63, 3.8) is 0 Å². The Labute approximate surface area is 156 Å². The van der Waals surface area contributed by atoms with E-state index in [0.717, 1.165) is 19.3 Å². The summed E-state index contributed by atoms with van der Waals surface area (Å²) < 4.78 is 5.20. The van der Waals surface area contributed by atoms with Crippen LogP contribution < -0.4 is 10.1 Å². The summed E-state index contributed by atoms with van der Waals surface area (Å²) in [6, 6.07) is 4.94. The number of methoxy groups -OCH3 is 1. The average molecular weight is 377 g/mol. The van der Waals surface area contributed by atoms with E-state index in [9.17, 15) is 14.4 Å². The first-order valence-electron chi connectivity index (χ1n) is 8.98. The molecule has 3 amide bonds. The van der Waals surface area contributed by atoms with E-state index in [1.54, 1.807) is 18.2 Å². The predicted molar refractivity (Wildman–Crippen MR) is 95.8 cm³/mol. The standard InChI is InChI=1S/C19H21ClN2O4/c1-26-14-5-4-12(20)9-13(14)21-15(23)6-7-22-18(24)16-10-2-3-11(8-10)17(16)19(22)25/h4-5,9-11,16-17H,2-3,6-8H2,1H3,(H,21,23)/t10-,11-,16-,17+/m0/s1. The molecule has 0 aromatic heterocycles. The first-order chi connectivity index (χ1) is 12.5. The SMILES string of the molecule is COc1ccc(Cl)cc1NC(=O)CCN1C(=O)[C@@H]2[C@H]3CC[C@@H](C3)[C@@H]2C1=O. The number of anilines is 1. The second-order valence-corrected chi connectivity index (χ2v) is 7.79. The third-order valence-electron chi connectivity index (χ3n) is 6.02. The van der Waals surface area contributed by atoms with Crippen molar-refractivity contribution in [2.24, 2.45) is 23.7 Å². The molecule has 0 unspecified atom stereocenters. The summed E-state index contributed by atoms with van der Waals surface area (Å²) in [6.07, 6.45) is 3.17. The number of likely N-dealkylation sites (tertiary alicyclic amines) is 1. The van der Waals surface area contributed by atoms with E-state index in [4.69, 9.17) is 16.3 Å². The summed E-state index contributed by atoms with van der Waals surface area (Å²) in [7, 11) is 1.51. The molecule has 2 aliphatic carbocycles. The molecule has 2 bridgehead atoms. The fraction of sp³-hybridized carbons (Fsp3) is 0.526. The molecule has 2 saturated carbocycles. The zero-order valence-electron chi connectivity index (χ0n) is 14.5. The zero-order valence-corrected chi connectivity index (χ0v) is 15.3. The Morgan fingerprint density at radius 2 is 1.88 bits per heavy atom. The molecule has 4 atom stereocenters. The van der Waals surface area contributed by atoms with E-state index in [2.05, 4.69) is 5.32 Å². The maximum absolute atomic E-state index is 12.6. The molecule has 138 valence electrons. The van der Waals surface area contributed by atoms with Gasteiger partial charge in [-0.1, -0.05) is 11.6 Å². The molecule has 0 spiro atoms. The molecule has 3 fully saturated rings. The van der Waals surface area contributed by atoms with Crippen LogP contribution in [0.25, 0.3) is 0 Å². The van der Waals surface area contributed by atoms with E-state index >= 15 is 0 Å². The number of hydrogen-bond acceptors (Lipinski definition) is 4. The summed E-state index contributed by atoms with van der Waals surface area (Å²) in [6.45, 7) is 0.124. The molecule has 6 nitrogen and oxygen atoms in total. The predicted octanol–water partition coefficient (Wildman–Crippen LogP) is 2.71. The largest absolute Gasteiger partial charge is 0.495 e. The number of rotatable bonds is 5. The van der Waals surface area contributed by atoms with Gasteiger partial charge in [0.05, 0.1) is 24.6 Å². The maximum atomic E-state index is 12.6. The van der Waals surface area contributed by atoms with Gasteiger partial charge in [0.2, 0.25) is 17.7 Å². The number of hydrogen-bond donors (Lipinski definition) is 1. The number of amides is 3. The molecule has 1 N–H and O–H groups in total. The Hall–Kier alpha value is -2.08. The molecule has 26 heavy (non-hydrogen) atoms. The van der Waals surface area contributed by atoms with Gasteiger partial charge < -0.3 is 10.1 Å². The van der Waals surface area contributed by atoms with E-state index in [-0.39, 0.29) is 42.5 Å². The van der Waals surface area contributed by atoms with Crippen molar-refractivity contribution in [3.8, 4) is 5.75 Å². The van der Waals surface area contributed by atoms with Crippen molar-refractivity contribution < 1.29 is 19.1 Å². The van der Waals surface area contributed by atoms with Crippen LogP contribution in [0.5, 0.6) is 5.75 Å². The average Bonchev–Trinajstić information content (AvgIpc) is 3.28. The Kier molecular flexibility index (Phi) is 4.39. The number of benzene rings is 1. The monoisotopic (exact) mass is 376 g/mol. The molecule has 0 radical (unpaired) electrons. The lowest BCUT2D eigenvalue weighted by Gasteiger charge is -2.19. The highest BCUT2D eigenvalue weighted by Gasteiger charge is 2.60. The van der Waals surface area contributed by atoms with Crippen molar-refractivity contribution in [1.29, 1.82) is 0 Å². The highest BCUT2D eigenvalue weighted by molar-refractivity contribution is 6.31. The number of imide groups is 1. The minimum Gasteiger partial charge on any atom is -0.495 e. The third-order valence-corrected chi connectivity index (χ3v) is 6.25. The van der Waals surface area contributed by atoms with Crippen molar-refractivity contribution >= 4 is 35.0 Å². The Morgan fingerprint density at radius 3 is 2.50 bits per heavy atom. The van der Waals surface area contributed by atoms with Crippen LogP contribution in [-0.2, 0) is 14.4 Å². The molecule has 3 aliphatic rings. The Morgan fingerprint density at radius 1 is 1.23 bits per heavy atom. The van der Waals surface area contributed by atoms with Crippen LogP contribution in [0.4, 0.5) is 5.69 Å². The minimum absolute atomic E-state index is 0.0575. The molecule has 4 rings (SSSR count). The van der Waals surface area contributed by atoms with Crippen molar-refractivity contribution in [3.05, 3.63) is 23.2 Å². The van der Waals surface area contributed by atoms with Crippen LogP contribution in [0.2, 0.25) is 5.02 Å². The van der Waals surface area contributed by atoms with Crippen molar-refractivity contribution in [2.75, 3.05) is 19.0 Å². The second kappa shape index (κ2) is 6.58. The summed E-state index contributed by atoms with van der Waals surface area (Å²) in [4.78, 5) is 38.9. The molecule has 1 saturated heterocycles. The molecular weight excluding hydrogens is 356 g/mol.